The normalized spacial score (nSPS) is 12.7. The lowest BCUT2D eigenvalue weighted by atomic mass is 10.2. The van der Waals surface area contributed by atoms with E-state index >= 15 is 0 Å². The molecule has 7 nitrogen and oxygen atoms in total. The Morgan fingerprint density at radius 1 is 1.09 bits per heavy atom. The Morgan fingerprint density at radius 3 is 2.76 bits per heavy atom. The van der Waals surface area contributed by atoms with E-state index in [1.807, 2.05) is 78.2 Å². The average molecular weight is 491 g/mol. The zero-order valence-electron chi connectivity index (χ0n) is 18.2. The van der Waals surface area contributed by atoms with E-state index in [1.54, 1.807) is 16.2 Å². The Morgan fingerprint density at radius 2 is 1.94 bits per heavy atom. The van der Waals surface area contributed by atoms with Crippen molar-refractivity contribution in [1.29, 1.82) is 0 Å². The maximum atomic E-state index is 13.3. The largest absolute Gasteiger partial charge is 0.486 e. The summed E-state index contributed by atoms with van der Waals surface area (Å²) in [5.41, 5.74) is 1.83. The molecule has 0 saturated heterocycles. The minimum Gasteiger partial charge on any atom is -0.486 e. The van der Waals surface area contributed by atoms with Gasteiger partial charge in [-0.15, -0.1) is 16.4 Å². The van der Waals surface area contributed by atoms with Gasteiger partial charge in [-0.2, -0.15) is 0 Å². The van der Waals surface area contributed by atoms with Crippen molar-refractivity contribution < 1.29 is 14.3 Å². The molecule has 0 spiro atoms. The molecule has 0 fully saturated rings. The van der Waals surface area contributed by atoms with Gasteiger partial charge in [-0.3, -0.25) is 9.89 Å². The van der Waals surface area contributed by atoms with Gasteiger partial charge in [0.1, 0.15) is 13.2 Å². The van der Waals surface area contributed by atoms with Gasteiger partial charge in [-0.25, -0.2) is 4.98 Å². The molecule has 1 aliphatic rings. The van der Waals surface area contributed by atoms with Crippen LogP contribution in [0.4, 0.5) is 5.69 Å². The molecule has 2 aromatic carbocycles. The van der Waals surface area contributed by atoms with Gasteiger partial charge >= 0.3 is 0 Å². The summed E-state index contributed by atoms with van der Waals surface area (Å²) in [6.07, 6.45) is 3.99. The van der Waals surface area contributed by atoms with Crippen LogP contribution in [-0.2, 0) is 4.79 Å². The number of hydrogen-bond donors (Lipinski definition) is 1. The highest BCUT2D eigenvalue weighted by atomic mass is 32.2. The van der Waals surface area contributed by atoms with Crippen LogP contribution in [0.5, 0.6) is 11.5 Å². The number of ether oxygens (including phenoxy) is 2. The molecule has 1 amide bonds. The number of thiophene rings is 1. The number of anilines is 1. The van der Waals surface area contributed by atoms with E-state index in [9.17, 15) is 4.79 Å². The second-order valence-electron chi connectivity index (χ2n) is 7.38. The Hall–Kier alpha value is -3.56. The topological polar surface area (TPSA) is 80.3 Å². The summed E-state index contributed by atoms with van der Waals surface area (Å²) >= 11 is 2.89. The van der Waals surface area contributed by atoms with Crippen molar-refractivity contribution in [2.45, 2.75) is 5.16 Å². The monoisotopic (exact) mass is 490 g/mol. The van der Waals surface area contributed by atoms with Gasteiger partial charge < -0.3 is 14.4 Å². The molecule has 1 N–H and O–H groups in total. The molecule has 3 heterocycles. The summed E-state index contributed by atoms with van der Waals surface area (Å²) in [7, 11) is 0. The maximum absolute atomic E-state index is 13.3. The molecular formula is C25H22N4O3S2. The molecule has 0 saturated carbocycles. The molecule has 2 aromatic heterocycles. The number of carbonyl (C=O) groups excluding carboxylic acids is 1. The van der Waals surface area contributed by atoms with Gasteiger partial charge in [0.05, 0.1) is 10.6 Å². The first-order valence-electron chi connectivity index (χ1n) is 10.8. The third kappa shape index (κ3) is 5.32. The first kappa shape index (κ1) is 22.2. The number of fused-ring (bicyclic) bond motifs is 1. The van der Waals surface area contributed by atoms with Gasteiger partial charge in [0.2, 0.25) is 11.1 Å². The molecule has 4 aromatic rings. The summed E-state index contributed by atoms with van der Waals surface area (Å²) in [6, 6.07) is 19.5. The molecule has 0 atom stereocenters. The van der Waals surface area contributed by atoms with Crippen molar-refractivity contribution in [2.24, 2.45) is 0 Å². The van der Waals surface area contributed by atoms with Crippen LogP contribution in [0.2, 0.25) is 0 Å². The van der Waals surface area contributed by atoms with Crippen LogP contribution in [0, 0.1) is 0 Å². The van der Waals surface area contributed by atoms with Crippen molar-refractivity contribution in [2.75, 3.05) is 30.4 Å². The third-order valence-electron chi connectivity index (χ3n) is 5.08. The smallest absolute Gasteiger partial charge is 0.237 e. The SMILES string of the molecule is O=C(CSc1n[nH]c(-c2cccs2)n1)N(C/C=C/c1ccccc1)c1ccc2c(c1)OCCO2. The molecule has 1 aliphatic heterocycles. The highest BCUT2D eigenvalue weighted by molar-refractivity contribution is 7.99. The van der Waals surface area contributed by atoms with E-state index in [4.69, 9.17) is 9.47 Å². The number of H-pyrrole nitrogens is 1. The van der Waals surface area contributed by atoms with E-state index in [-0.39, 0.29) is 11.7 Å². The molecule has 0 radical (unpaired) electrons. The fourth-order valence-electron chi connectivity index (χ4n) is 3.45. The summed E-state index contributed by atoms with van der Waals surface area (Å²) in [5.74, 6) is 2.20. The number of nitrogens with zero attached hydrogens (tertiary/aromatic N) is 3. The fraction of sp³-hybridized carbons (Fsp3) is 0.160. The van der Waals surface area contributed by atoms with E-state index in [0.717, 1.165) is 16.1 Å². The van der Waals surface area contributed by atoms with Gasteiger partial charge in [0, 0.05) is 18.3 Å². The van der Waals surface area contributed by atoms with Crippen molar-refractivity contribution in [3.63, 3.8) is 0 Å². The fourth-order valence-corrected chi connectivity index (χ4v) is 4.79. The summed E-state index contributed by atoms with van der Waals surface area (Å²) in [5, 5.41) is 9.72. The van der Waals surface area contributed by atoms with Crippen LogP contribution in [0.3, 0.4) is 0 Å². The number of rotatable bonds is 8. The lowest BCUT2D eigenvalue weighted by molar-refractivity contribution is -0.116. The predicted molar refractivity (Wildman–Crippen MR) is 136 cm³/mol. The number of hydrogen-bond acceptors (Lipinski definition) is 7. The first-order chi connectivity index (χ1) is 16.8. The number of amides is 1. The third-order valence-corrected chi connectivity index (χ3v) is 6.79. The number of aromatic amines is 1. The van der Waals surface area contributed by atoms with Crippen LogP contribution in [0.1, 0.15) is 5.56 Å². The number of thioether (sulfide) groups is 1. The van der Waals surface area contributed by atoms with Crippen LogP contribution in [-0.4, -0.2) is 46.6 Å². The summed E-state index contributed by atoms with van der Waals surface area (Å²) in [4.78, 5) is 20.5. The maximum Gasteiger partial charge on any atom is 0.237 e. The number of aromatic nitrogens is 3. The molecule has 34 heavy (non-hydrogen) atoms. The Balaban J connectivity index is 1.31. The van der Waals surface area contributed by atoms with Gasteiger partial charge in [-0.05, 0) is 29.1 Å². The molecule has 172 valence electrons. The Labute approximate surface area is 205 Å². The molecule has 0 bridgehead atoms. The predicted octanol–water partition coefficient (Wildman–Crippen LogP) is 5.14. The lowest BCUT2D eigenvalue weighted by Crippen LogP contribution is -2.32. The zero-order chi connectivity index (χ0) is 23.2. The van der Waals surface area contributed by atoms with Crippen LogP contribution >= 0.6 is 23.1 Å². The number of nitrogens with one attached hydrogen (secondary N) is 1. The van der Waals surface area contributed by atoms with Gasteiger partial charge in [0.15, 0.2) is 17.3 Å². The van der Waals surface area contributed by atoms with Crippen molar-refractivity contribution in [3.05, 3.63) is 77.7 Å². The standard InChI is InChI=1S/C25H22N4O3S2/c30-23(17-34-25-26-24(27-28-25)22-9-5-15-33-22)29(12-4-8-18-6-2-1-3-7-18)19-10-11-20-21(16-19)32-14-13-31-20/h1-11,15-16H,12-14,17H2,(H,26,27,28)/b8-4+. The van der Waals surface area contributed by atoms with Crippen molar-refractivity contribution >= 4 is 40.8 Å². The number of carbonyl (C=O) groups is 1. The van der Waals surface area contributed by atoms with Crippen LogP contribution in [0.25, 0.3) is 16.8 Å². The first-order valence-corrected chi connectivity index (χ1v) is 12.6. The molecule has 5 rings (SSSR count). The van der Waals surface area contributed by atoms with Gasteiger partial charge in [0.25, 0.3) is 0 Å². The minimum absolute atomic E-state index is 0.0538. The summed E-state index contributed by atoms with van der Waals surface area (Å²) < 4.78 is 11.4. The molecular weight excluding hydrogens is 468 g/mol. The minimum atomic E-state index is -0.0538. The molecule has 0 aliphatic carbocycles. The highest BCUT2D eigenvalue weighted by Gasteiger charge is 2.20. The van der Waals surface area contributed by atoms with E-state index < -0.39 is 0 Å². The van der Waals surface area contributed by atoms with Crippen molar-refractivity contribution in [1.82, 2.24) is 15.2 Å². The van der Waals surface area contributed by atoms with Gasteiger partial charge in [-0.1, -0.05) is 60.3 Å². The van der Waals surface area contributed by atoms with E-state index in [0.29, 0.717) is 42.2 Å². The average Bonchev–Trinajstić information content (AvgIpc) is 3.58. The zero-order valence-corrected chi connectivity index (χ0v) is 19.8. The van der Waals surface area contributed by atoms with Crippen molar-refractivity contribution in [3.8, 4) is 22.2 Å². The molecule has 0 unspecified atom stereocenters. The quantitative estimate of drug-likeness (QED) is 0.345. The number of benzene rings is 2. The lowest BCUT2D eigenvalue weighted by Gasteiger charge is -2.24. The summed E-state index contributed by atoms with van der Waals surface area (Å²) in [6.45, 7) is 1.43. The Kier molecular flexibility index (Phi) is 6.92. The van der Waals surface area contributed by atoms with Crippen LogP contribution in [0.15, 0.2) is 77.3 Å². The van der Waals surface area contributed by atoms with E-state index in [1.165, 1.54) is 11.8 Å². The Bertz CT molecular complexity index is 1270. The second-order valence-corrected chi connectivity index (χ2v) is 9.27. The van der Waals surface area contributed by atoms with Crippen LogP contribution < -0.4 is 14.4 Å². The molecule has 9 heteroatoms. The highest BCUT2D eigenvalue weighted by Crippen LogP contribution is 2.34. The van der Waals surface area contributed by atoms with E-state index in [2.05, 4.69) is 15.2 Å². The second kappa shape index (κ2) is 10.6.